The van der Waals surface area contributed by atoms with Crippen LogP contribution >= 0.6 is 27.7 Å². The van der Waals surface area contributed by atoms with Gasteiger partial charge in [-0.1, -0.05) is 22.0 Å². The quantitative estimate of drug-likeness (QED) is 0.873. The molecule has 1 aromatic carbocycles. The van der Waals surface area contributed by atoms with E-state index in [0.717, 1.165) is 26.9 Å². The van der Waals surface area contributed by atoms with E-state index in [1.165, 1.54) is 5.56 Å². The van der Waals surface area contributed by atoms with Crippen molar-refractivity contribution in [1.82, 2.24) is 20.5 Å². The minimum atomic E-state index is 0.114. The molecule has 0 saturated heterocycles. The van der Waals surface area contributed by atoms with E-state index < -0.39 is 0 Å². The van der Waals surface area contributed by atoms with Crippen LogP contribution < -0.4 is 5.32 Å². The van der Waals surface area contributed by atoms with E-state index in [4.69, 9.17) is 0 Å². The highest BCUT2D eigenvalue weighted by molar-refractivity contribution is 9.10. The normalized spacial score (nSPS) is 11.8. The number of hydrogen-bond acceptors (Lipinski definition) is 4. The highest BCUT2D eigenvalue weighted by Gasteiger charge is 2.11. The molecule has 0 radical (unpaired) electrons. The Hall–Kier alpha value is -0.850. The Morgan fingerprint density at radius 3 is 2.65 bits per heavy atom. The summed E-state index contributed by atoms with van der Waals surface area (Å²) < 4.78 is 1.10. The molecule has 0 aliphatic carbocycles. The molecule has 2 N–H and O–H groups in total. The molecule has 0 spiro atoms. The van der Waals surface area contributed by atoms with Crippen molar-refractivity contribution in [2.24, 2.45) is 0 Å². The molecule has 0 amide bonds. The van der Waals surface area contributed by atoms with Crippen LogP contribution in [0, 0.1) is 6.92 Å². The highest BCUT2D eigenvalue weighted by atomic mass is 79.9. The van der Waals surface area contributed by atoms with Crippen molar-refractivity contribution in [2.75, 3.05) is 0 Å². The Morgan fingerprint density at radius 1 is 1.35 bits per heavy atom. The lowest BCUT2D eigenvalue weighted by Crippen LogP contribution is -2.35. The van der Waals surface area contributed by atoms with E-state index in [2.05, 4.69) is 75.4 Å². The standard InChI is InChI=1S/C14H19BrN4S/c1-9-17-13(19-18-9)20-11-6-5-10(12(15)7-11)8-16-14(2,3)4/h5-7,16H,8H2,1-4H3,(H,17,18,19). The summed E-state index contributed by atoms with van der Waals surface area (Å²) >= 11 is 5.18. The lowest BCUT2D eigenvalue weighted by Gasteiger charge is -2.21. The van der Waals surface area contributed by atoms with E-state index in [9.17, 15) is 0 Å². The van der Waals surface area contributed by atoms with Gasteiger partial charge in [-0.25, -0.2) is 4.98 Å². The number of nitrogens with one attached hydrogen (secondary N) is 2. The Morgan fingerprint density at radius 2 is 2.10 bits per heavy atom. The third kappa shape index (κ3) is 4.61. The molecule has 6 heteroatoms. The lowest BCUT2D eigenvalue weighted by molar-refractivity contribution is 0.424. The average Bonchev–Trinajstić information content (AvgIpc) is 2.72. The fourth-order valence-electron chi connectivity index (χ4n) is 1.57. The van der Waals surface area contributed by atoms with Gasteiger partial charge in [-0.05, 0) is 57.2 Å². The predicted molar refractivity (Wildman–Crippen MR) is 86.0 cm³/mol. The van der Waals surface area contributed by atoms with Crippen LogP contribution in [0.25, 0.3) is 0 Å². The van der Waals surface area contributed by atoms with E-state index >= 15 is 0 Å². The summed E-state index contributed by atoms with van der Waals surface area (Å²) in [6.45, 7) is 9.23. The maximum absolute atomic E-state index is 4.30. The first kappa shape index (κ1) is 15.5. The first-order chi connectivity index (χ1) is 9.33. The molecule has 0 fully saturated rings. The smallest absolute Gasteiger partial charge is 0.213 e. The molecular weight excluding hydrogens is 336 g/mol. The fraction of sp³-hybridized carbons (Fsp3) is 0.429. The van der Waals surface area contributed by atoms with Gasteiger partial charge >= 0.3 is 0 Å². The summed E-state index contributed by atoms with van der Waals surface area (Å²) in [5.74, 6) is 0.831. The summed E-state index contributed by atoms with van der Waals surface area (Å²) in [5, 5.41) is 11.2. The number of aromatic nitrogens is 3. The molecule has 0 aliphatic rings. The van der Waals surface area contributed by atoms with Gasteiger partial charge in [-0.15, -0.1) is 5.10 Å². The molecule has 1 heterocycles. The fourth-order valence-corrected chi connectivity index (χ4v) is 3.04. The van der Waals surface area contributed by atoms with Crippen LogP contribution in [0.2, 0.25) is 0 Å². The summed E-state index contributed by atoms with van der Waals surface area (Å²) in [6.07, 6.45) is 0. The molecular formula is C14H19BrN4S. The first-order valence-corrected chi connectivity index (χ1v) is 8.05. The number of H-pyrrole nitrogens is 1. The molecule has 0 atom stereocenters. The maximum atomic E-state index is 4.30. The van der Waals surface area contributed by atoms with Crippen molar-refractivity contribution in [2.45, 2.75) is 49.8 Å². The number of nitrogens with zero attached hydrogens (tertiary/aromatic N) is 2. The molecule has 4 nitrogen and oxygen atoms in total. The largest absolute Gasteiger partial charge is 0.308 e. The Bertz CT molecular complexity index is 589. The summed E-state index contributed by atoms with van der Waals surface area (Å²) in [6, 6.07) is 6.33. The zero-order valence-corrected chi connectivity index (χ0v) is 14.5. The van der Waals surface area contributed by atoms with Gasteiger partial charge < -0.3 is 5.32 Å². The van der Waals surface area contributed by atoms with Gasteiger partial charge in [0, 0.05) is 21.5 Å². The predicted octanol–water partition coefficient (Wildman–Crippen LogP) is 3.91. The van der Waals surface area contributed by atoms with Crippen LogP contribution in [0.3, 0.4) is 0 Å². The van der Waals surface area contributed by atoms with Crippen molar-refractivity contribution < 1.29 is 0 Å². The van der Waals surface area contributed by atoms with Crippen LogP contribution in [-0.2, 0) is 6.54 Å². The van der Waals surface area contributed by atoms with Gasteiger partial charge in [0.05, 0.1) is 0 Å². The average molecular weight is 355 g/mol. The van der Waals surface area contributed by atoms with Gasteiger partial charge in [0.1, 0.15) is 5.82 Å². The maximum Gasteiger partial charge on any atom is 0.213 e. The number of benzene rings is 1. The number of aryl methyl sites for hydroxylation is 1. The van der Waals surface area contributed by atoms with Crippen LogP contribution in [-0.4, -0.2) is 20.7 Å². The van der Waals surface area contributed by atoms with E-state index in [1.54, 1.807) is 11.8 Å². The van der Waals surface area contributed by atoms with Crippen molar-refractivity contribution in [3.63, 3.8) is 0 Å². The number of rotatable bonds is 4. The topological polar surface area (TPSA) is 53.6 Å². The summed E-state index contributed by atoms with van der Waals surface area (Å²) in [4.78, 5) is 5.42. The summed E-state index contributed by atoms with van der Waals surface area (Å²) in [7, 11) is 0. The number of hydrogen-bond donors (Lipinski definition) is 2. The molecule has 20 heavy (non-hydrogen) atoms. The van der Waals surface area contributed by atoms with E-state index in [-0.39, 0.29) is 5.54 Å². The van der Waals surface area contributed by atoms with Gasteiger partial charge in [0.15, 0.2) is 0 Å². The molecule has 0 saturated carbocycles. The second-order valence-corrected chi connectivity index (χ2v) is 7.56. The second kappa shape index (κ2) is 6.28. The highest BCUT2D eigenvalue weighted by Crippen LogP contribution is 2.29. The van der Waals surface area contributed by atoms with Gasteiger partial charge in [0.2, 0.25) is 5.16 Å². The summed E-state index contributed by atoms with van der Waals surface area (Å²) in [5.41, 5.74) is 1.36. The van der Waals surface area contributed by atoms with Crippen LogP contribution in [0.4, 0.5) is 0 Å². The molecule has 1 aromatic heterocycles. The minimum absolute atomic E-state index is 0.114. The van der Waals surface area contributed by atoms with Crippen molar-refractivity contribution >= 4 is 27.7 Å². The van der Waals surface area contributed by atoms with Crippen LogP contribution in [0.5, 0.6) is 0 Å². The SMILES string of the molecule is Cc1nc(Sc2ccc(CNC(C)(C)C)c(Br)c2)n[nH]1. The molecule has 108 valence electrons. The second-order valence-electron chi connectivity index (χ2n) is 5.66. The molecule has 0 aliphatic heterocycles. The monoisotopic (exact) mass is 354 g/mol. The molecule has 2 rings (SSSR count). The zero-order valence-electron chi connectivity index (χ0n) is 12.1. The van der Waals surface area contributed by atoms with E-state index in [0.29, 0.717) is 0 Å². The van der Waals surface area contributed by atoms with Crippen molar-refractivity contribution in [1.29, 1.82) is 0 Å². The molecule has 0 unspecified atom stereocenters. The van der Waals surface area contributed by atoms with Crippen LogP contribution in [0.15, 0.2) is 32.7 Å². The first-order valence-electron chi connectivity index (χ1n) is 6.44. The van der Waals surface area contributed by atoms with Crippen LogP contribution in [0.1, 0.15) is 32.2 Å². The Labute approximate surface area is 132 Å². The Balaban J connectivity index is 2.05. The number of aromatic amines is 1. The van der Waals surface area contributed by atoms with Crippen molar-refractivity contribution in [3.8, 4) is 0 Å². The van der Waals surface area contributed by atoms with Gasteiger partial charge in [-0.2, -0.15) is 0 Å². The molecule has 2 aromatic rings. The Kier molecular flexibility index (Phi) is 4.88. The molecule has 0 bridgehead atoms. The van der Waals surface area contributed by atoms with E-state index in [1.807, 2.05) is 6.92 Å². The minimum Gasteiger partial charge on any atom is -0.308 e. The van der Waals surface area contributed by atoms with Gasteiger partial charge in [0.25, 0.3) is 0 Å². The lowest BCUT2D eigenvalue weighted by atomic mass is 10.1. The third-order valence-corrected chi connectivity index (χ3v) is 4.21. The van der Waals surface area contributed by atoms with Gasteiger partial charge in [-0.3, -0.25) is 5.10 Å². The third-order valence-electron chi connectivity index (χ3n) is 2.62. The van der Waals surface area contributed by atoms with Crippen molar-refractivity contribution in [3.05, 3.63) is 34.1 Å². The zero-order chi connectivity index (χ0) is 14.8. The number of halogens is 1.